The Hall–Kier alpha value is -2.22. The molecule has 0 aliphatic carbocycles. The summed E-state index contributed by atoms with van der Waals surface area (Å²) in [6.45, 7) is 0. The number of hydrogen-bond acceptors (Lipinski definition) is 6. The summed E-state index contributed by atoms with van der Waals surface area (Å²) in [6.07, 6.45) is 1.99. The van der Waals surface area contributed by atoms with Crippen molar-refractivity contribution < 1.29 is 4.79 Å². The number of carbonyl (C=O) groups is 1. The minimum Gasteiger partial charge on any atom is -0.298 e. The van der Waals surface area contributed by atoms with Gasteiger partial charge < -0.3 is 0 Å². The number of para-hydroxylation sites is 1. The van der Waals surface area contributed by atoms with Gasteiger partial charge in [-0.15, -0.1) is 34.4 Å². The highest BCUT2D eigenvalue weighted by Crippen LogP contribution is 2.32. The van der Waals surface area contributed by atoms with Crippen molar-refractivity contribution in [2.75, 3.05) is 11.6 Å². The van der Waals surface area contributed by atoms with Crippen LogP contribution in [0.1, 0.15) is 10.4 Å². The molecule has 25 heavy (non-hydrogen) atoms. The highest BCUT2D eigenvalue weighted by atomic mass is 32.2. The van der Waals surface area contributed by atoms with E-state index in [2.05, 4.69) is 15.3 Å². The fraction of sp³-hybridized carbons (Fsp3) is 0.0556. The largest absolute Gasteiger partial charge is 0.298 e. The number of nitrogens with zero attached hydrogens (tertiary/aromatic N) is 2. The summed E-state index contributed by atoms with van der Waals surface area (Å²) in [4.78, 5) is 22.6. The van der Waals surface area contributed by atoms with Crippen LogP contribution in [0.5, 0.6) is 0 Å². The van der Waals surface area contributed by atoms with Gasteiger partial charge in [0.15, 0.2) is 5.13 Å². The Balaban J connectivity index is 1.55. The van der Waals surface area contributed by atoms with Crippen LogP contribution >= 0.6 is 34.4 Å². The summed E-state index contributed by atoms with van der Waals surface area (Å²) in [6, 6.07) is 15.6. The van der Waals surface area contributed by atoms with E-state index in [1.54, 1.807) is 29.2 Å². The number of thioether (sulfide) groups is 1. The predicted molar refractivity (Wildman–Crippen MR) is 107 cm³/mol. The first-order chi connectivity index (χ1) is 12.2. The highest BCUT2D eigenvalue weighted by Gasteiger charge is 2.13. The topological polar surface area (TPSA) is 54.9 Å². The van der Waals surface area contributed by atoms with Crippen molar-refractivity contribution in [2.24, 2.45) is 0 Å². The zero-order chi connectivity index (χ0) is 17.2. The van der Waals surface area contributed by atoms with Gasteiger partial charge >= 0.3 is 0 Å². The van der Waals surface area contributed by atoms with Crippen LogP contribution in [0.4, 0.5) is 5.13 Å². The minimum absolute atomic E-state index is 0.152. The number of thiazole rings is 2. The van der Waals surface area contributed by atoms with Gasteiger partial charge in [0.25, 0.3) is 5.91 Å². The summed E-state index contributed by atoms with van der Waals surface area (Å²) in [7, 11) is 0. The predicted octanol–water partition coefficient (Wildman–Crippen LogP) is 5.39. The van der Waals surface area contributed by atoms with Crippen molar-refractivity contribution in [1.29, 1.82) is 0 Å². The highest BCUT2D eigenvalue weighted by molar-refractivity contribution is 7.98. The average Bonchev–Trinajstić information content (AvgIpc) is 3.28. The van der Waals surface area contributed by atoms with E-state index in [0.29, 0.717) is 10.7 Å². The third kappa shape index (κ3) is 3.44. The first-order valence-corrected chi connectivity index (χ1v) is 10.4. The lowest BCUT2D eigenvalue weighted by Crippen LogP contribution is -2.11. The molecule has 0 aliphatic rings. The van der Waals surface area contributed by atoms with Gasteiger partial charge in [0.1, 0.15) is 10.7 Å². The molecule has 7 heteroatoms. The fourth-order valence-corrected chi connectivity index (χ4v) is 4.50. The molecule has 4 nitrogen and oxygen atoms in total. The number of carbonyl (C=O) groups excluding carboxylic acids is 1. The number of fused-ring (bicyclic) bond motifs is 1. The molecule has 2 aromatic heterocycles. The Labute approximate surface area is 157 Å². The molecule has 4 rings (SSSR count). The number of rotatable bonds is 4. The lowest BCUT2D eigenvalue weighted by molar-refractivity contribution is 0.102. The molecule has 0 bridgehead atoms. The van der Waals surface area contributed by atoms with E-state index >= 15 is 0 Å². The molecule has 0 fully saturated rings. The van der Waals surface area contributed by atoms with Gasteiger partial charge in [-0.05, 0) is 36.6 Å². The van der Waals surface area contributed by atoms with E-state index in [0.717, 1.165) is 25.8 Å². The summed E-state index contributed by atoms with van der Waals surface area (Å²) in [5.74, 6) is -0.152. The molecule has 0 atom stereocenters. The van der Waals surface area contributed by atoms with Gasteiger partial charge in [0.2, 0.25) is 0 Å². The van der Waals surface area contributed by atoms with Crippen molar-refractivity contribution in [2.45, 2.75) is 4.90 Å². The standard InChI is InChI=1S/C18H13N3OS3/c1-23-12-6-4-5-11(9-12)16(22)21-18-20-14(10-24-18)17-19-13-7-2-3-8-15(13)25-17/h2-10H,1H3,(H,20,21,22). The molecule has 0 radical (unpaired) electrons. The summed E-state index contributed by atoms with van der Waals surface area (Å²) in [5.41, 5.74) is 2.39. The third-order valence-corrected chi connectivity index (χ3v) is 6.11. The molecule has 4 aromatic rings. The molecule has 0 saturated heterocycles. The first-order valence-electron chi connectivity index (χ1n) is 7.50. The second kappa shape index (κ2) is 6.95. The lowest BCUT2D eigenvalue weighted by Gasteiger charge is -2.03. The van der Waals surface area contributed by atoms with Crippen molar-refractivity contribution in [1.82, 2.24) is 9.97 Å². The Kier molecular flexibility index (Phi) is 4.52. The summed E-state index contributed by atoms with van der Waals surface area (Å²) < 4.78 is 1.13. The number of benzene rings is 2. The fourth-order valence-electron chi connectivity index (χ4n) is 2.34. The van der Waals surface area contributed by atoms with Gasteiger partial charge in [-0.2, -0.15) is 0 Å². The van der Waals surface area contributed by atoms with E-state index in [1.807, 2.05) is 54.1 Å². The maximum Gasteiger partial charge on any atom is 0.257 e. The zero-order valence-electron chi connectivity index (χ0n) is 13.2. The third-order valence-electron chi connectivity index (χ3n) is 3.57. The second-order valence-corrected chi connectivity index (χ2v) is 7.98. The van der Waals surface area contributed by atoms with E-state index in [9.17, 15) is 4.79 Å². The minimum atomic E-state index is -0.152. The quantitative estimate of drug-likeness (QED) is 0.480. The van der Waals surface area contributed by atoms with Gasteiger partial charge in [-0.25, -0.2) is 9.97 Å². The molecule has 1 N–H and O–H groups in total. The Morgan fingerprint density at radius 3 is 2.84 bits per heavy atom. The van der Waals surface area contributed by atoms with Crippen LogP contribution in [-0.2, 0) is 0 Å². The summed E-state index contributed by atoms with van der Waals surface area (Å²) in [5, 5.41) is 6.23. The number of hydrogen-bond donors (Lipinski definition) is 1. The molecule has 0 aliphatic heterocycles. The molecule has 1 amide bonds. The number of amides is 1. The molecule has 2 heterocycles. The van der Waals surface area contributed by atoms with Crippen LogP contribution in [0.15, 0.2) is 58.8 Å². The number of nitrogens with one attached hydrogen (secondary N) is 1. The van der Waals surface area contributed by atoms with Crippen molar-refractivity contribution in [3.05, 3.63) is 59.5 Å². The maximum absolute atomic E-state index is 12.4. The number of aromatic nitrogens is 2. The van der Waals surface area contributed by atoms with Crippen LogP contribution in [0.2, 0.25) is 0 Å². The number of anilines is 1. The van der Waals surface area contributed by atoms with Crippen LogP contribution in [0.25, 0.3) is 20.9 Å². The molecule has 0 saturated carbocycles. The van der Waals surface area contributed by atoms with Crippen LogP contribution < -0.4 is 5.32 Å². The Bertz CT molecular complexity index is 1020. The van der Waals surface area contributed by atoms with Crippen LogP contribution in [0.3, 0.4) is 0 Å². The molecule has 0 unspecified atom stereocenters. The maximum atomic E-state index is 12.4. The van der Waals surface area contributed by atoms with Crippen molar-refractivity contribution in [3.63, 3.8) is 0 Å². The molecular formula is C18H13N3OS3. The second-order valence-electron chi connectivity index (χ2n) is 5.21. The monoisotopic (exact) mass is 383 g/mol. The first kappa shape index (κ1) is 16.3. The molecule has 124 valence electrons. The Morgan fingerprint density at radius 1 is 1.12 bits per heavy atom. The Morgan fingerprint density at radius 2 is 2.00 bits per heavy atom. The van der Waals surface area contributed by atoms with E-state index in [4.69, 9.17) is 0 Å². The summed E-state index contributed by atoms with van der Waals surface area (Å²) >= 11 is 4.62. The van der Waals surface area contributed by atoms with Crippen LogP contribution in [0, 0.1) is 0 Å². The van der Waals surface area contributed by atoms with Gasteiger partial charge in [-0.3, -0.25) is 10.1 Å². The molecule has 2 aromatic carbocycles. The molecule has 0 spiro atoms. The van der Waals surface area contributed by atoms with Gasteiger partial charge in [0.05, 0.1) is 10.2 Å². The lowest BCUT2D eigenvalue weighted by atomic mass is 10.2. The van der Waals surface area contributed by atoms with E-state index in [-0.39, 0.29) is 5.91 Å². The van der Waals surface area contributed by atoms with E-state index in [1.165, 1.54) is 11.3 Å². The smallest absolute Gasteiger partial charge is 0.257 e. The van der Waals surface area contributed by atoms with E-state index < -0.39 is 0 Å². The SMILES string of the molecule is CSc1cccc(C(=O)Nc2nc(-c3nc4ccccc4s3)cs2)c1. The normalized spacial score (nSPS) is 10.9. The van der Waals surface area contributed by atoms with Gasteiger partial charge in [-0.1, -0.05) is 18.2 Å². The zero-order valence-corrected chi connectivity index (χ0v) is 15.7. The van der Waals surface area contributed by atoms with Gasteiger partial charge in [0, 0.05) is 15.8 Å². The average molecular weight is 384 g/mol. The van der Waals surface area contributed by atoms with Crippen LogP contribution in [-0.4, -0.2) is 22.1 Å². The molecular weight excluding hydrogens is 370 g/mol. The van der Waals surface area contributed by atoms with Crippen molar-refractivity contribution in [3.8, 4) is 10.7 Å². The van der Waals surface area contributed by atoms with Crippen molar-refractivity contribution >= 4 is 55.7 Å².